The first-order chi connectivity index (χ1) is 11.0. The van der Waals surface area contributed by atoms with Gasteiger partial charge in [-0.2, -0.15) is 0 Å². The molecule has 120 valence electrons. The van der Waals surface area contributed by atoms with Crippen molar-refractivity contribution in [2.75, 3.05) is 6.61 Å². The number of carbonyl (C=O) groups excluding carboxylic acids is 3. The summed E-state index contributed by atoms with van der Waals surface area (Å²) in [6.45, 7) is 1.61. The van der Waals surface area contributed by atoms with Crippen LogP contribution in [-0.2, 0) is 14.3 Å². The number of hydrogen-bond acceptors (Lipinski definition) is 5. The number of carbonyl (C=O) groups is 3. The van der Waals surface area contributed by atoms with Gasteiger partial charge in [-0.1, -0.05) is 30.3 Å². The van der Waals surface area contributed by atoms with Gasteiger partial charge >= 0.3 is 5.97 Å². The summed E-state index contributed by atoms with van der Waals surface area (Å²) in [5.74, 6) is -2.67. The summed E-state index contributed by atoms with van der Waals surface area (Å²) < 4.78 is 23.9. The van der Waals surface area contributed by atoms with Gasteiger partial charge in [0.15, 0.2) is 12.0 Å². The number of benzene rings is 1. The lowest BCUT2D eigenvalue weighted by molar-refractivity contribution is -0.153. The number of alkyl halides is 1. The van der Waals surface area contributed by atoms with E-state index in [1.807, 2.05) is 0 Å². The highest BCUT2D eigenvalue weighted by Crippen LogP contribution is 2.27. The van der Waals surface area contributed by atoms with Crippen molar-refractivity contribution in [1.82, 2.24) is 0 Å². The van der Waals surface area contributed by atoms with Crippen molar-refractivity contribution in [2.24, 2.45) is 0 Å². The Bertz CT molecular complexity index is 705. The van der Waals surface area contributed by atoms with Gasteiger partial charge in [0.25, 0.3) is 0 Å². The molecule has 0 saturated carbocycles. The van der Waals surface area contributed by atoms with Gasteiger partial charge in [-0.3, -0.25) is 9.59 Å². The number of ketones is 2. The van der Waals surface area contributed by atoms with E-state index in [9.17, 15) is 18.8 Å². The molecule has 1 aromatic heterocycles. The van der Waals surface area contributed by atoms with Crippen molar-refractivity contribution < 1.29 is 27.9 Å². The Morgan fingerprint density at radius 3 is 2.57 bits per heavy atom. The molecule has 0 N–H and O–H groups in total. The average molecular weight is 318 g/mol. The lowest BCUT2D eigenvalue weighted by Gasteiger charge is -2.04. The molecule has 0 aliphatic carbocycles. The zero-order valence-corrected chi connectivity index (χ0v) is 12.5. The predicted octanol–water partition coefficient (Wildman–Crippen LogP) is 3.04. The highest BCUT2D eigenvalue weighted by atomic mass is 19.1. The SMILES string of the molecule is CCOC(=O)C(=O)CC(=O)c1coc(C(F)c2ccccc2)c1. The fourth-order valence-corrected chi connectivity index (χ4v) is 1.95. The maximum Gasteiger partial charge on any atom is 0.375 e. The third kappa shape index (κ3) is 4.12. The minimum Gasteiger partial charge on any atom is -0.465 e. The second-order valence-corrected chi connectivity index (χ2v) is 4.75. The zero-order chi connectivity index (χ0) is 16.8. The van der Waals surface area contributed by atoms with E-state index in [2.05, 4.69) is 4.74 Å². The Labute approximate surface area is 132 Å². The molecule has 0 aliphatic heterocycles. The van der Waals surface area contributed by atoms with Crippen molar-refractivity contribution in [2.45, 2.75) is 19.5 Å². The molecule has 0 saturated heterocycles. The molecule has 1 unspecified atom stereocenters. The number of ether oxygens (including phenoxy) is 1. The molecule has 0 spiro atoms. The number of Topliss-reactive ketones (excluding diaryl/α,β-unsaturated/α-hetero) is 2. The van der Waals surface area contributed by atoms with Gasteiger partial charge in [-0.25, -0.2) is 9.18 Å². The molecule has 1 heterocycles. The second-order valence-electron chi connectivity index (χ2n) is 4.75. The maximum absolute atomic E-state index is 14.3. The van der Waals surface area contributed by atoms with Crippen molar-refractivity contribution in [1.29, 1.82) is 0 Å². The molecule has 0 radical (unpaired) electrons. The van der Waals surface area contributed by atoms with Gasteiger partial charge in [-0.15, -0.1) is 0 Å². The number of rotatable bonds is 7. The van der Waals surface area contributed by atoms with Crippen LogP contribution in [0.3, 0.4) is 0 Å². The zero-order valence-electron chi connectivity index (χ0n) is 12.5. The standard InChI is InChI=1S/C17H15FO5/c1-2-22-17(21)14(20)9-13(19)12-8-15(23-10-12)16(18)11-6-4-3-5-7-11/h3-8,10,16H,2,9H2,1H3. The number of furan rings is 1. The van der Waals surface area contributed by atoms with Crippen molar-refractivity contribution in [3.05, 3.63) is 59.5 Å². The molecule has 5 nitrogen and oxygen atoms in total. The summed E-state index contributed by atoms with van der Waals surface area (Å²) in [5.41, 5.74) is 0.430. The van der Waals surface area contributed by atoms with Gasteiger partial charge in [0.05, 0.1) is 18.6 Å². The fraction of sp³-hybridized carbons (Fsp3) is 0.235. The Kier molecular flexibility index (Phi) is 5.41. The van der Waals surface area contributed by atoms with Gasteiger partial charge < -0.3 is 9.15 Å². The van der Waals surface area contributed by atoms with E-state index in [0.717, 1.165) is 6.26 Å². The molecule has 6 heteroatoms. The average Bonchev–Trinajstić information content (AvgIpc) is 3.05. The van der Waals surface area contributed by atoms with Crippen LogP contribution in [0.25, 0.3) is 0 Å². The van der Waals surface area contributed by atoms with E-state index in [1.54, 1.807) is 37.3 Å². The normalized spacial score (nSPS) is 11.7. The molecule has 1 atom stereocenters. The Balaban J connectivity index is 2.05. The minimum atomic E-state index is -1.52. The van der Waals surface area contributed by atoms with Gasteiger partial charge in [0, 0.05) is 0 Å². The summed E-state index contributed by atoms with van der Waals surface area (Å²) in [7, 11) is 0. The van der Waals surface area contributed by atoms with Crippen LogP contribution in [-0.4, -0.2) is 24.1 Å². The molecular weight excluding hydrogens is 303 g/mol. The Morgan fingerprint density at radius 1 is 1.22 bits per heavy atom. The number of hydrogen-bond donors (Lipinski definition) is 0. The van der Waals surface area contributed by atoms with Crippen molar-refractivity contribution in [3.8, 4) is 0 Å². The van der Waals surface area contributed by atoms with Crippen LogP contribution in [0.15, 0.2) is 47.1 Å². The van der Waals surface area contributed by atoms with Crippen LogP contribution in [0.1, 0.15) is 41.2 Å². The lowest BCUT2D eigenvalue weighted by Crippen LogP contribution is -2.20. The highest BCUT2D eigenvalue weighted by Gasteiger charge is 2.23. The van der Waals surface area contributed by atoms with Crippen LogP contribution in [0.5, 0.6) is 0 Å². The van der Waals surface area contributed by atoms with E-state index in [4.69, 9.17) is 4.42 Å². The molecule has 2 rings (SSSR count). The van der Waals surface area contributed by atoms with Gasteiger partial charge in [-0.05, 0) is 18.6 Å². The third-order valence-corrected chi connectivity index (χ3v) is 3.11. The van der Waals surface area contributed by atoms with E-state index in [-0.39, 0.29) is 17.9 Å². The van der Waals surface area contributed by atoms with Crippen LogP contribution in [0.2, 0.25) is 0 Å². The molecule has 0 bridgehead atoms. The van der Waals surface area contributed by atoms with E-state index >= 15 is 0 Å². The Hall–Kier alpha value is -2.76. The lowest BCUT2D eigenvalue weighted by atomic mass is 10.1. The van der Waals surface area contributed by atoms with Gasteiger partial charge in [0.2, 0.25) is 5.78 Å². The minimum absolute atomic E-state index is 0.0382. The molecule has 2 aromatic rings. The van der Waals surface area contributed by atoms with Crippen LogP contribution in [0, 0.1) is 0 Å². The molecule has 0 fully saturated rings. The first kappa shape index (κ1) is 16.6. The van der Waals surface area contributed by atoms with Crippen LogP contribution >= 0.6 is 0 Å². The molecule has 1 aromatic carbocycles. The number of esters is 1. The topological polar surface area (TPSA) is 73.6 Å². The predicted molar refractivity (Wildman–Crippen MR) is 78.7 cm³/mol. The summed E-state index contributed by atoms with van der Waals surface area (Å²) in [4.78, 5) is 34.6. The van der Waals surface area contributed by atoms with Crippen LogP contribution in [0.4, 0.5) is 4.39 Å². The Morgan fingerprint density at radius 2 is 1.91 bits per heavy atom. The smallest absolute Gasteiger partial charge is 0.375 e. The summed E-state index contributed by atoms with van der Waals surface area (Å²) >= 11 is 0. The fourth-order valence-electron chi connectivity index (χ4n) is 1.95. The van der Waals surface area contributed by atoms with Crippen molar-refractivity contribution in [3.63, 3.8) is 0 Å². The largest absolute Gasteiger partial charge is 0.465 e. The van der Waals surface area contributed by atoms with Crippen LogP contribution < -0.4 is 0 Å². The van der Waals surface area contributed by atoms with E-state index < -0.39 is 30.1 Å². The van der Waals surface area contributed by atoms with E-state index in [0.29, 0.717) is 5.56 Å². The summed E-state index contributed by atoms with van der Waals surface area (Å²) in [6.07, 6.45) is -1.08. The third-order valence-electron chi connectivity index (χ3n) is 3.11. The molecular formula is C17H15FO5. The summed E-state index contributed by atoms with van der Waals surface area (Å²) in [5, 5.41) is 0. The quantitative estimate of drug-likeness (QED) is 0.339. The van der Waals surface area contributed by atoms with Gasteiger partial charge in [0.1, 0.15) is 12.0 Å². The molecule has 23 heavy (non-hydrogen) atoms. The molecule has 0 aliphatic rings. The van der Waals surface area contributed by atoms with Crippen molar-refractivity contribution >= 4 is 17.5 Å². The molecule has 0 amide bonds. The summed E-state index contributed by atoms with van der Waals surface area (Å²) in [6, 6.07) is 9.56. The number of halogens is 1. The van der Waals surface area contributed by atoms with E-state index in [1.165, 1.54) is 6.07 Å². The first-order valence-electron chi connectivity index (χ1n) is 7.03. The second kappa shape index (κ2) is 7.49. The highest BCUT2D eigenvalue weighted by molar-refractivity contribution is 6.38. The first-order valence-corrected chi connectivity index (χ1v) is 7.03. The monoisotopic (exact) mass is 318 g/mol. The maximum atomic E-state index is 14.3.